The highest BCUT2D eigenvalue weighted by molar-refractivity contribution is 6.02. The molecule has 1 aromatic carbocycles. The summed E-state index contributed by atoms with van der Waals surface area (Å²) in [6.45, 7) is 7.73. The van der Waals surface area contributed by atoms with Gasteiger partial charge in [0.15, 0.2) is 0 Å². The fourth-order valence-electron chi connectivity index (χ4n) is 1.85. The van der Waals surface area contributed by atoms with E-state index >= 15 is 0 Å². The van der Waals surface area contributed by atoms with Crippen molar-refractivity contribution >= 4 is 22.5 Å². The van der Waals surface area contributed by atoms with Gasteiger partial charge in [-0.05, 0) is 37.6 Å². The quantitative estimate of drug-likeness (QED) is 0.876. The molecule has 0 unspecified atom stereocenters. The number of nitrogens with zero attached hydrogens (tertiary/aromatic N) is 1. The number of hydrogen-bond donors (Lipinski definition) is 1. The summed E-state index contributed by atoms with van der Waals surface area (Å²) in [5.74, 6) is 0.00392. The van der Waals surface area contributed by atoms with Gasteiger partial charge in [-0.3, -0.25) is 9.78 Å². The Morgan fingerprint density at radius 3 is 2.56 bits per heavy atom. The molecule has 0 fully saturated rings. The van der Waals surface area contributed by atoms with Crippen LogP contribution in [-0.2, 0) is 4.79 Å². The fourth-order valence-corrected chi connectivity index (χ4v) is 1.85. The Kier molecular flexibility index (Phi) is 3.32. The lowest BCUT2D eigenvalue weighted by atomic mass is 10.1. The molecule has 3 heteroatoms. The summed E-state index contributed by atoms with van der Waals surface area (Å²) in [7, 11) is 0. The van der Waals surface area contributed by atoms with Crippen LogP contribution in [-0.4, -0.2) is 10.9 Å². The summed E-state index contributed by atoms with van der Waals surface area (Å²) in [5, 5.41) is 3.99. The molecule has 94 valence electrons. The smallest absolute Gasteiger partial charge is 0.226 e. The number of aromatic nitrogens is 1. The molecule has 0 atom stereocenters. The van der Waals surface area contributed by atoms with E-state index in [0.29, 0.717) is 0 Å². The predicted molar refractivity (Wildman–Crippen MR) is 74.7 cm³/mol. The molecule has 0 saturated heterocycles. The molecule has 1 N–H and O–H groups in total. The molecule has 0 saturated carbocycles. The highest BCUT2D eigenvalue weighted by atomic mass is 16.1. The van der Waals surface area contributed by atoms with Crippen molar-refractivity contribution in [3.05, 3.63) is 35.5 Å². The van der Waals surface area contributed by atoms with Gasteiger partial charge < -0.3 is 5.32 Å². The summed E-state index contributed by atoms with van der Waals surface area (Å²) in [6.07, 6.45) is 0. The van der Waals surface area contributed by atoms with Gasteiger partial charge in [-0.25, -0.2) is 0 Å². The Balaban J connectivity index is 2.54. The maximum atomic E-state index is 11.8. The Morgan fingerprint density at radius 2 is 1.89 bits per heavy atom. The molecule has 2 aromatic rings. The monoisotopic (exact) mass is 242 g/mol. The molecule has 1 amide bonds. The Hall–Kier alpha value is -1.90. The van der Waals surface area contributed by atoms with Crippen molar-refractivity contribution in [3.8, 4) is 0 Å². The lowest BCUT2D eigenvalue weighted by Crippen LogP contribution is -2.18. The van der Waals surface area contributed by atoms with Gasteiger partial charge in [-0.15, -0.1) is 0 Å². The van der Waals surface area contributed by atoms with Gasteiger partial charge in [0, 0.05) is 17.0 Å². The number of rotatable bonds is 2. The highest BCUT2D eigenvalue weighted by Gasteiger charge is 2.12. The van der Waals surface area contributed by atoms with Crippen molar-refractivity contribution in [2.45, 2.75) is 27.7 Å². The van der Waals surface area contributed by atoms with E-state index in [1.165, 1.54) is 0 Å². The lowest BCUT2D eigenvalue weighted by molar-refractivity contribution is -0.118. The predicted octanol–water partition coefficient (Wildman–Crippen LogP) is 3.45. The van der Waals surface area contributed by atoms with Crippen molar-refractivity contribution in [1.82, 2.24) is 4.98 Å². The van der Waals surface area contributed by atoms with Gasteiger partial charge in [0.2, 0.25) is 5.91 Å². The van der Waals surface area contributed by atoms with Crippen LogP contribution in [0.15, 0.2) is 24.3 Å². The van der Waals surface area contributed by atoms with Crippen molar-refractivity contribution in [1.29, 1.82) is 0 Å². The molecule has 1 heterocycles. The van der Waals surface area contributed by atoms with E-state index in [0.717, 1.165) is 27.8 Å². The maximum absolute atomic E-state index is 11.8. The third-order valence-corrected chi connectivity index (χ3v) is 2.99. The van der Waals surface area contributed by atoms with Crippen LogP contribution >= 0.6 is 0 Å². The first kappa shape index (κ1) is 12.6. The molecule has 18 heavy (non-hydrogen) atoms. The van der Waals surface area contributed by atoms with E-state index in [1.807, 2.05) is 52.0 Å². The average Bonchev–Trinajstić information content (AvgIpc) is 2.32. The number of fused-ring (bicyclic) bond motifs is 1. The molecule has 0 spiro atoms. The zero-order chi connectivity index (χ0) is 13.3. The van der Waals surface area contributed by atoms with E-state index < -0.39 is 0 Å². The first-order valence-electron chi connectivity index (χ1n) is 6.17. The van der Waals surface area contributed by atoms with Crippen LogP contribution in [0.2, 0.25) is 0 Å². The number of pyridine rings is 1. The minimum Gasteiger partial charge on any atom is -0.325 e. The third-order valence-electron chi connectivity index (χ3n) is 2.99. The van der Waals surface area contributed by atoms with Crippen LogP contribution in [0.3, 0.4) is 0 Å². The number of anilines is 1. The number of carbonyl (C=O) groups excluding carboxylic acids is 1. The Labute approximate surface area is 107 Å². The minimum absolute atomic E-state index is 0.0296. The van der Waals surface area contributed by atoms with Crippen LogP contribution in [0.4, 0.5) is 5.69 Å². The van der Waals surface area contributed by atoms with Gasteiger partial charge in [0.1, 0.15) is 0 Å². The summed E-state index contributed by atoms with van der Waals surface area (Å²) < 4.78 is 0. The van der Waals surface area contributed by atoms with Gasteiger partial charge >= 0.3 is 0 Å². The summed E-state index contributed by atoms with van der Waals surface area (Å²) in [5.41, 5.74) is 3.83. The van der Waals surface area contributed by atoms with Crippen molar-refractivity contribution in [3.63, 3.8) is 0 Å². The molecule has 0 bridgehead atoms. The molecular formula is C15H18N2O. The molecule has 1 aromatic heterocycles. The van der Waals surface area contributed by atoms with Crippen LogP contribution in [0.25, 0.3) is 10.9 Å². The van der Waals surface area contributed by atoms with E-state index in [1.54, 1.807) is 0 Å². The largest absolute Gasteiger partial charge is 0.325 e. The standard InChI is InChI=1S/C15H18N2O/c1-9(2)15(18)17-14-10(3)5-8-13-12(14)7-6-11(4)16-13/h5-9H,1-4H3,(H,17,18). The summed E-state index contributed by atoms with van der Waals surface area (Å²) >= 11 is 0. The molecule has 0 aliphatic heterocycles. The van der Waals surface area contributed by atoms with Gasteiger partial charge in [-0.2, -0.15) is 0 Å². The fraction of sp³-hybridized carbons (Fsp3) is 0.333. The lowest BCUT2D eigenvalue weighted by Gasteiger charge is -2.13. The van der Waals surface area contributed by atoms with Crippen LogP contribution in [0, 0.1) is 19.8 Å². The third kappa shape index (κ3) is 2.35. The second-order valence-electron chi connectivity index (χ2n) is 4.92. The zero-order valence-corrected chi connectivity index (χ0v) is 11.2. The number of nitrogens with one attached hydrogen (secondary N) is 1. The molecule has 0 aliphatic carbocycles. The van der Waals surface area contributed by atoms with E-state index in [9.17, 15) is 4.79 Å². The molecular weight excluding hydrogens is 224 g/mol. The van der Waals surface area contributed by atoms with Crippen molar-refractivity contribution in [2.75, 3.05) is 5.32 Å². The Bertz CT molecular complexity index is 603. The first-order valence-corrected chi connectivity index (χ1v) is 6.17. The SMILES string of the molecule is Cc1ccc2c(NC(=O)C(C)C)c(C)ccc2n1. The second kappa shape index (κ2) is 4.77. The number of carbonyl (C=O) groups is 1. The summed E-state index contributed by atoms with van der Waals surface area (Å²) in [4.78, 5) is 16.3. The zero-order valence-electron chi connectivity index (χ0n) is 11.2. The number of aryl methyl sites for hydroxylation is 2. The normalized spacial score (nSPS) is 10.9. The van der Waals surface area contributed by atoms with E-state index in [-0.39, 0.29) is 11.8 Å². The second-order valence-corrected chi connectivity index (χ2v) is 4.92. The topological polar surface area (TPSA) is 42.0 Å². The van der Waals surface area contributed by atoms with Crippen LogP contribution < -0.4 is 5.32 Å². The van der Waals surface area contributed by atoms with Crippen molar-refractivity contribution in [2.24, 2.45) is 5.92 Å². The molecule has 3 nitrogen and oxygen atoms in total. The highest BCUT2D eigenvalue weighted by Crippen LogP contribution is 2.26. The van der Waals surface area contributed by atoms with Gasteiger partial charge in [0.05, 0.1) is 11.2 Å². The number of amides is 1. The average molecular weight is 242 g/mol. The Morgan fingerprint density at radius 1 is 1.17 bits per heavy atom. The molecule has 2 rings (SSSR count). The minimum atomic E-state index is -0.0296. The van der Waals surface area contributed by atoms with Crippen LogP contribution in [0.5, 0.6) is 0 Å². The molecule has 0 aliphatic rings. The number of benzene rings is 1. The van der Waals surface area contributed by atoms with Crippen molar-refractivity contribution < 1.29 is 4.79 Å². The van der Waals surface area contributed by atoms with Crippen LogP contribution in [0.1, 0.15) is 25.1 Å². The number of hydrogen-bond acceptors (Lipinski definition) is 2. The molecule has 0 radical (unpaired) electrons. The van der Waals surface area contributed by atoms with E-state index in [2.05, 4.69) is 10.3 Å². The summed E-state index contributed by atoms with van der Waals surface area (Å²) in [6, 6.07) is 7.96. The van der Waals surface area contributed by atoms with E-state index in [4.69, 9.17) is 0 Å². The van der Waals surface area contributed by atoms with Gasteiger partial charge in [0.25, 0.3) is 0 Å². The maximum Gasteiger partial charge on any atom is 0.226 e. The van der Waals surface area contributed by atoms with Gasteiger partial charge in [-0.1, -0.05) is 19.9 Å². The first-order chi connectivity index (χ1) is 8.49.